The van der Waals surface area contributed by atoms with Crippen LogP contribution in [0.15, 0.2) is 0 Å². The third kappa shape index (κ3) is 13.3. The highest BCUT2D eigenvalue weighted by Crippen LogP contribution is 2.10. The van der Waals surface area contributed by atoms with E-state index in [4.69, 9.17) is 10.5 Å². The Balaban J connectivity index is 3.16. The maximum atomic E-state index is 11.0. The molecule has 0 heterocycles. The van der Waals surface area contributed by atoms with E-state index < -0.39 is 12.1 Å². The number of esters is 1. The van der Waals surface area contributed by atoms with Crippen LogP contribution in [0.5, 0.6) is 0 Å². The average molecular weight is 287 g/mol. The number of hydrogen-bond donors (Lipinski definition) is 1. The van der Waals surface area contributed by atoms with Crippen LogP contribution in [-0.2, 0) is 14.3 Å². The highest BCUT2D eigenvalue weighted by molar-refractivity contribution is 5.82. The summed E-state index contributed by atoms with van der Waals surface area (Å²) in [6.07, 6.45) is 11.2. The van der Waals surface area contributed by atoms with Crippen molar-refractivity contribution in [2.75, 3.05) is 13.2 Å². The van der Waals surface area contributed by atoms with Gasteiger partial charge < -0.3 is 15.2 Å². The molecule has 0 aliphatic rings. The SMILES string of the molecule is CCCCCCCCCCCCOC(=O)OC(=O)CN. The van der Waals surface area contributed by atoms with Gasteiger partial charge in [0.15, 0.2) is 0 Å². The minimum Gasteiger partial charge on any atom is -0.434 e. The van der Waals surface area contributed by atoms with Crippen molar-refractivity contribution in [2.45, 2.75) is 71.1 Å². The third-order valence-electron chi connectivity index (χ3n) is 3.08. The molecule has 5 nitrogen and oxygen atoms in total. The Morgan fingerprint density at radius 1 is 0.850 bits per heavy atom. The van der Waals surface area contributed by atoms with Crippen LogP contribution in [0.3, 0.4) is 0 Å². The summed E-state index contributed by atoms with van der Waals surface area (Å²) < 4.78 is 9.02. The van der Waals surface area contributed by atoms with Gasteiger partial charge in [-0.15, -0.1) is 0 Å². The number of hydrogen-bond acceptors (Lipinski definition) is 5. The van der Waals surface area contributed by atoms with E-state index in [-0.39, 0.29) is 6.54 Å². The first-order valence-corrected chi connectivity index (χ1v) is 7.78. The molecule has 0 saturated heterocycles. The van der Waals surface area contributed by atoms with Gasteiger partial charge in [-0.2, -0.15) is 0 Å². The molecule has 118 valence electrons. The number of nitrogens with two attached hydrogens (primary N) is 1. The van der Waals surface area contributed by atoms with Crippen molar-refractivity contribution in [1.82, 2.24) is 0 Å². The Bertz CT molecular complexity index is 256. The van der Waals surface area contributed by atoms with E-state index in [0.717, 1.165) is 19.3 Å². The lowest BCUT2D eigenvalue weighted by Crippen LogP contribution is -2.21. The number of ether oxygens (including phenoxy) is 2. The van der Waals surface area contributed by atoms with E-state index in [2.05, 4.69) is 11.7 Å². The number of unbranched alkanes of at least 4 members (excludes halogenated alkanes) is 9. The first-order chi connectivity index (χ1) is 9.70. The molecule has 0 saturated carbocycles. The minimum atomic E-state index is -0.948. The van der Waals surface area contributed by atoms with Crippen LogP contribution < -0.4 is 5.73 Å². The predicted molar refractivity (Wildman–Crippen MR) is 78.3 cm³/mol. The van der Waals surface area contributed by atoms with E-state index >= 15 is 0 Å². The summed E-state index contributed by atoms with van der Waals surface area (Å²) in [7, 11) is 0. The van der Waals surface area contributed by atoms with E-state index in [1.54, 1.807) is 0 Å². The van der Waals surface area contributed by atoms with Crippen LogP contribution >= 0.6 is 0 Å². The quantitative estimate of drug-likeness (QED) is 0.337. The zero-order valence-electron chi connectivity index (χ0n) is 12.7. The summed E-state index contributed by atoms with van der Waals surface area (Å²) in [4.78, 5) is 21.6. The molecule has 0 bridgehead atoms. The Morgan fingerprint density at radius 3 is 1.85 bits per heavy atom. The molecule has 0 aromatic rings. The zero-order valence-corrected chi connectivity index (χ0v) is 12.7. The van der Waals surface area contributed by atoms with Gasteiger partial charge in [-0.05, 0) is 6.42 Å². The molecule has 20 heavy (non-hydrogen) atoms. The van der Waals surface area contributed by atoms with Gasteiger partial charge in [0.1, 0.15) is 0 Å². The molecular formula is C15H29NO4. The smallest absolute Gasteiger partial charge is 0.434 e. The van der Waals surface area contributed by atoms with Gasteiger partial charge in [0, 0.05) is 0 Å². The molecule has 0 aromatic heterocycles. The standard InChI is InChI=1S/C15H29NO4/c1-2-3-4-5-6-7-8-9-10-11-12-19-15(18)20-14(17)13-16/h2-13,16H2,1H3. The van der Waals surface area contributed by atoms with Gasteiger partial charge in [0.05, 0.1) is 13.2 Å². The van der Waals surface area contributed by atoms with Crippen molar-refractivity contribution in [3.8, 4) is 0 Å². The van der Waals surface area contributed by atoms with Crippen LogP contribution in [0.1, 0.15) is 71.1 Å². The fourth-order valence-electron chi connectivity index (χ4n) is 1.91. The van der Waals surface area contributed by atoms with Crippen molar-refractivity contribution in [3.63, 3.8) is 0 Å². The molecule has 5 heteroatoms. The minimum absolute atomic E-state index is 0.299. The lowest BCUT2D eigenvalue weighted by Gasteiger charge is -2.04. The highest BCUT2D eigenvalue weighted by atomic mass is 16.7. The molecule has 0 fully saturated rings. The number of rotatable bonds is 12. The Morgan fingerprint density at radius 2 is 1.35 bits per heavy atom. The Labute approximate surface area is 122 Å². The van der Waals surface area contributed by atoms with Crippen LogP contribution in [0.4, 0.5) is 4.79 Å². The molecule has 0 aromatic carbocycles. The summed E-state index contributed by atoms with van der Waals surface area (Å²) in [6, 6.07) is 0. The first kappa shape index (κ1) is 18.9. The molecule has 0 rings (SSSR count). The van der Waals surface area contributed by atoms with Crippen LogP contribution in [-0.4, -0.2) is 25.3 Å². The second-order valence-electron chi connectivity index (χ2n) is 4.96. The largest absolute Gasteiger partial charge is 0.516 e. The van der Waals surface area contributed by atoms with Crippen LogP contribution in [0.25, 0.3) is 0 Å². The molecule has 0 aliphatic heterocycles. The second kappa shape index (κ2) is 14.3. The fraction of sp³-hybridized carbons (Fsp3) is 0.867. The van der Waals surface area contributed by atoms with Gasteiger partial charge in [-0.25, -0.2) is 4.79 Å². The van der Waals surface area contributed by atoms with Gasteiger partial charge in [-0.3, -0.25) is 4.79 Å². The van der Waals surface area contributed by atoms with Gasteiger partial charge in [0.2, 0.25) is 0 Å². The fourth-order valence-corrected chi connectivity index (χ4v) is 1.91. The van der Waals surface area contributed by atoms with Crippen molar-refractivity contribution >= 4 is 12.1 Å². The highest BCUT2D eigenvalue weighted by Gasteiger charge is 2.08. The average Bonchev–Trinajstić information content (AvgIpc) is 2.44. The monoisotopic (exact) mass is 287 g/mol. The maximum Gasteiger partial charge on any atom is 0.516 e. The molecule has 0 spiro atoms. The first-order valence-electron chi connectivity index (χ1n) is 7.78. The van der Waals surface area contributed by atoms with Crippen molar-refractivity contribution in [2.24, 2.45) is 5.73 Å². The third-order valence-corrected chi connectivity index (χ3v) is 3.08. The summed E-state index contributed by atoms with van der Waals surface area (Å²) in [6.45, 7) is 2.21. The summed E-state index contributed by atoms with van der Waals surface area (Å²) in [5.41, 5.74) is 5.00. The summed E-state index contributed by atoms with van der Waals surface area (Å²) >= 11 is 0. The van der Waals surface area contributed by atoms with Crippen molar-refractivity contribution in [1.29, 1.82) is 0 Å². The molecular weight excluding hydrogens is 258 g/mol. The zero-order chi connectivity index (χ0) is 15.1. The summed E-state index contributed by atoms with van der Waals surface area (Å²) in [5.74, 6) is -0.766. The molecule has 0 radical (unpaired) electrons. The normalized spacial score (nSPS) is 10.3. The van der Waals surface area contributed by atoms with E-state index in [1.807, 2.05) is 0 Å². The molecule has 0 amide bonds. The van der Waals surface area contributed by atoms with E-state index in [1.165, 1.54) is 44.9 Å². The summed E-state index contributed by atoms with van der Waals surface area (Å²) in [5, 5.41) is 0. The second-order valence-corrected chi connectivity index (χ2v) is 4.96. The number of carbonyl (C=O) groups excluding carboxylic acids is 2. The molecule has 2 N–H and O–H groups in total. The van der Waals surface area contributed by atoms with Crippen LogP contribution in [0, 0.1) is 0 Å². The lowest BCUT2D eigenvalue weighted by atomic mass is 10.1. The lowest BCUT2D eigenvalue weighted by molar-refractivity contribution is -0.138. The molecule has 0 aliphatic carbocycles. The number of carbonyl (C=O) groups is 2. The molecule has 0 unspecified atom stereocenters. The van der Waals surface area contributed by atoms with E-state index in [0.29, 0.717) is 6.61 Å². The Kier molecular flexibility index (Phi) is 13.5. The molecule has 0 atom stereocenters. The maximum absolute atomic E-state index is 11.0. The van der Waals surface area contributed by atoms with E-state index in [9.17, 15) is 9.59 Å². The van der Waals surface area contributed by atoms with Gasteiger partial charge in [-0.1, -0.05) is 64.7 Å². The topological polar surface area (TPSA) is 78.6 Å². The van der Waals surface area contributed by atoms with Gasteiger partial charge >= 0.3 is 12.1 Å². The predicted octanol–water partition coefficient (Wildman–Crippen LogP) is 3.55. The van der Waals surface area contributed by atoms with Crippen molar-refractivity contribution in [3.05, 3.63) is 0 Å². The van der Waals surface area contributed by atoms with Gasteiger partial charge in [0.25, 0.3) is 0 Å². The van der Waals surface area contributed by atoms with Crippen LogP contribution in [0.2, 0.25) is 0 Å². The van der Waals surface area contributed by atoms with Crippen molar-refractivity contribution < 1.29 is 19.1 Å². The Hall–Kier alpha value is -1.10.